The normalized spacial score (nSPS) is 18.8. The van der Waals surface area contributed by atoms with Crippen LogP contribution < -0.4 is 0 Å². The molecule has 0 heterocycles. The summed E-state index contributed by atoms with van der Waals surface area (Å²) in [5, 5.41) is 0.855. The first-order chi connectivity index (χ1) is 8.02. The molecule has 0 N–H and O–H groups in total. The minimum Gasteiger partial charge on any atom is -0.469 e. The lowest BCUT2D eigenvalue weighted by Gasteiger charge is -2.22. The number of hydrogen-bond acceptors (Lipinski definition) is 3. The molecule has 0 aromatic heterocycles. The Kier molecular flexibility index (Phi) is 3.40. The average molecular weight is 273 g/mol. The van der Waals surface area contributed by atoms with Crippen molar-refractivity contribution < 1.29 is 14.3 Å². The van der Waals surface area contributed by atoms with Crippen molar-refractivity contribution in [2.45, 2.75) is 12.8 Å². The van der Waals surface area contributed by atoms with Crippen molar-refractivity contribution in [2.75, 3.05) is 7.11 Å². The van der Waals surface area contributed by atoms with E-state index in [1.165, 1.54) is 7.11 Å². The van der Waals surface area contributed by atoms with Crippen LogP contribution in [0.3, 0.4) is 0 Å². The lowest BCUT2D eigenvalue weighted by atomic mass is 9.83. The highest BCUT2D eigenvalue weighted by Gasteiger charge is 2.32. The van der Waals surface area contributed by atoms with Crippen LogP contribution in [0.4, 0.5) is 0 Å². The number of Topliss-reactive ketones (excluding diaryl/α,β-unsaturated/α-hetero) is 1. The summed E-state index contributed by atoms with van der Waals surface area (Å²) in [6.07, 6.45) is 0.570. The van der Waals surface area contributed by atoms with E-state index in [9.17, 15) is 9.59 Å². The first-order valence-corrected chi connectivity index (χ1v) is 5.87. The highest BCUT2D eigenvalue weighted by Crippen LogP contribution is 2.33. The molecule has 1 atom stereocenters. The number of ether oxygens (including phenoxy) is 1. The molecule has 0 saturated carbocycles. The largest absolute Gasteiger partial charge is 0.469 e. The summed E-state index contributed by atoms with van der Waals surface area (Å²) < 4.78 is 4.66. The van der Waals surface area contributed by atoms with Gasteiger partial charge in [0.05, 0.1) is 13.0 Å². The van der Waals surface area contributed by atoms with Gasteiger partial charge in [0.25, 0.3) is 0 Å². The monoisotopic (exact) mass is 272 g/mol. The molecule has 2 rings (SSSR count). The Labute approximate surface area is 109 Å². The van der Waals surface area contributed by atoms with E-state index in [1.54, 1.807) is 12.1 Å². The van der Waals surface area contributed by atoms with Crippen molar-refractivity contribution in [2.24, 2.45) is 5.92 Å². The summed E-state index contributed by atoms with van der Waals surface area (Å²) in [6.45, 7) is 0. The van der Waals surface area contributed by atoms with Crippen molar-refractivity contribution >= 4 is 35.0 Å². The van der Waals surface area contributed by atoms with Crippen LogP contribution in [0.15, 0.2) is 12.1 Å². The molecule has 0 fully saturated rings. The zero-order valence-electron chi connectivity index (χ0n) is 9.13. The molecule has 90 valence electrons. The van der Waals surface area contributed by atoms with E-state index in [-0.39, 0.29) is 18.2 Å². The third-order valence-electron chi connectivity index (χ3n) is 2.88. The highest BCUT2D eigenvalue weighted by molar-refractivity contribution is 6.36. The molecule has 5 heteroatoms. The topological polar surface area (TPSA) is 43.4 Å². The number of fused-ring (bicyclic) bond motifs is 1. The van der Waals surface area contributed by atoms with Crippen LogP contribution in [0.2, 0.25) is 10.0 Å². The quantitative estimate of drug-likeness (QED) is 0.739. The number of rotatable bonds is 1. The van der Waals surface area contributed by atoms with Crippen LogP contribution in [0.5, 0.6) is 0 Å². The second kappa shape index (κ2) is 4.67. The van der Waals surface area contributed by atoms with Crippen LogP contribution >= 0.6 is 23.2 Å². The molecule has 1 aromatic carbocycles. The van der Waals surface area contributed by atoms with Crippen molar-refractivity contribution in [3.8, 4) is 0 Å². The van der Waals surface area contributed by atoms with Crippen LogP contribution in [-0.2, 0) is 16.0 Å². The van der Waals surface area contributed by atoms with Crippen molar-refractivity contribution in [1.82, 2.24) is 0 Å². The third-order valence-corrected chi connectivity index (χ3v) is 3.43. The maximum Gasteiger partial charge on any atom is 0.309 e. The van der Waals surface area contributed by atoms with Gasteiger partial charge in [-0.2, -0.15) is 0 Å². The van der Waals surface area contributed by atoms with Gasteiger partial charge in [-0.3, -0.25) is 9.59 Å². The molecular weight excluding hydrogens is 263 g/mol. The SMILES string of the molecule is COC(=O)C1CC(=O)c2cc(Cl)cc(Cl)c2C1. The Bertz CT molecular complexity index is 497. The number of ketones is 1. The third kappa shape index (κ3) is 2.31. The Hall–Kier alpha value is -1.06. The van der Waals surface area contributed by atoms with Crippen LogP contribution in [0.25, 0.3) is 0 Å². The first kappa shape index (κ1) is 12.4. The Morgan fingerprint density at radius 1 is 1.35 bits per heavy atom. The minimum atomic E-state index is -0.446. The highest BCUT2D eigenvalue weighted by atomic mass is 35.5. The fourth-order valence-electron chi connectivity index (χ4n) is 2.05. The second-order valence-electron chi connectivity index (χ2n) is 3.97. The average Bonchev–Trinajstić information content (AvgIpc) is 2.29. The van der Waals surface area contributed by atoms with Gasteiger partial charge in [0.15, 0.2) is 5.78 Å². The lowest BCUT2D eigenvalue weighted by Crippen LogP contribution is -2.27. The van der Waals surface area contributed by atoms with Crippen molar-refractivity contribution in [3.05, 3.63) is 33.3 Å². The molecule has 1 unspecified atom stereocenters. The fourth-order valence-corrected chi connectivity index (χ4v) is 2.62. The predicted molar refractivity (Wildman–Crippen MR) is 64.6 cm³/mol. The maximum atomic E-state index is 11.9. The van der Waals surface area contributed by atoms with E-state index in [0.717, 1.165) is 0 Å². The van der Waals surface area contributed by atoms with E-state index in [1.807, 2.05) is 0 Å². The first-order valence-electron chi connectivity index (χ1n) is 5.12. The molecular formula is C12H10Cl2O3. The number of esters is 1. The van der Waals surface area contributed by atoms with Gasteiger partial charge in [-0.05, 0) is 24.1 Å². The summed E-state index contributed by atoms with van der Waals surface area (Å²) in [5.74, 6) is -0.945. The molecule has 1 aliphatic carbocycles. The summed E-state index contributed by atoms with van der Waals surface area (Å²) in [5.41, 5.74) is 1.20. The number of benzene rings is 1. The molecule has 0 spiro atoms. The number of carbonyl (C=O) groups is 2. The molecule has 3 nitrogen and oxygen atoms in total. The Morgan fingerprint density at radius 2 is 2.06 bits per heavy atom. The number of methoxy groups -OCH3 is 1. The molecule has 0 bridgehead atoms. The molecule has 0 radical (unpaired) electrons. The summed E-state index contributed by atoms with van der Waals surface area (Å²) in [7, 11) is 1.31. The second-order valence-corrected chi connectivity index (χ2v) is 4.81. The van der Waals surface area contributed by atoms with E-state index >= 15 is 0 Å². The van der Waals surface area contributed by atoms with E-state index in [4.69, 9.17) is 23.2 Å². The lowest BCUT2D eigenvalue weighted by molar-refractivity contribution is -0.145. The van der Waals surface area contributed by atoms with E-state index in [0.29, 0.717) is 27.6 Å². The fraction of sp³-hybridized carbons (Fsp3) is 0.333. The molecule has 0 aliphatic heterocycles. The van der Waals surface area contributed by atoms with E-state index < -0.39 is 5.92 Å². The number of hydrogen-bond donors (Lipinski definition) is 0. The van der Waals surface area contributed by atoms with Gasteiger partial charge in [0.1, 0.15) is 0 Å². The summed E-state index contributed by atoms with van der Waals surface area (Å²) >= 11 is 11.9. The molecule has 1 aromatic rings. The molecule has 1 aliphatic rings. The van der Waals surface area contributed by atoms with Crippen molar-refractivity contribution in [3.63, 3.8) is 0 Å². The zero-order valence-corrected chi connectivity index (χ0v) is 10.6. The standard InChI is InChI=1S/C12H10Cl2O3/c1-17-12(16)6-2-8-9(11(15)3-6)4-7(13)5-10(8)14/h4-6H,2-3H2,1H3. The molecule has 17 heavy (non-hydrogen) atoms. The smallest absolute Gasteiger partial charge is 0.309 e. The van der Waals surface area contributed by atoms with Gasteiger partial charge in [-0.25, -0.2) is 0 Å². The van der Waals surface area contributed by atoms with E-state index in [2.05, 4.69) is 4.74 Å². The van der Waals surface area contributed by atoms with Gasteiger partial charge in [-0.1, -0.05) is 23.2 Å². The minimum absolute atomic E-state index is 0.119. The summed E-state index contributed by atoms with van der Waals surface area (Å²) in [4.78, 5) is 23.4. The van der Waals surface area contributed by atoms with Gasteiger partial charge in [-0.15, -0.1) is 0 Å². The van der Waals surface area contributed by atoms with Gasteiger partial charge in [0.2, 0.25) is 0 Å². The van der Waals surface area contributed by atoms with Gasteiger partial charge < -0.3 is 4.74 Å². The predicted octanol–water partition coefficient (Wildman–Crippen LogP) is 2.91. The van der Waals surface area contributed by atoms with Gasteiger partial charge >= 0.3 is 5.97 Å². The van der Waals surface area contributed by atoms with Crippen LogP contribution in [0, 0.1) is 5.92 Å². The number of halogens is 2. The van der Waals surface area contributed by atoms with Crippen LogP contribution in [-0.4, -0.2) is 18.9 Å². The van der Waals surface area contributed by atoms with Gasteiger partial charge in [0, 0.05) is 22.0 Å². The van der Waals surface area contributed by atoms with Crippen LogP contribution in [0.1, 0.15) is 22.3 Å². The Morgan fingerprint density at radius 3 is 2.71 bits per heavy atom. The Balaban J connectivity index is 2.43. The molecule has 0 amide bonds. The summed E-state index contributed by atoms with van der Waals surface area (Å²) in [6, 6.07) is 3.17. The maximum absolute atomic E-state index is 11.9. The number of carbonyl (C=O) groups excluding carboxylic acids is 2. The molecule has 0 saturated heterocycles. The van der Waals surface area contributed by atoms with Crippen molar-refractivity contribution in [1.29, 1.82) is 0 Å². The zero-order chi connectivity index (χ0) is 12.6.